The predicted octanol–water partition coefficient (Wildman–Crippen LogP) is 3.30. The van der Waals surface area contributed by atoms with E-state index in [1.54, 1.807) is 31.4 Å². The van der Waals surface area contributed by atoms with Crippen LogP contribution in [0.25, 0.3) is 0 Å². The van der Waals surface area contributed by atoms with Gasteiger partial charge >= 0.3 is 0 Å². The first-order chi connectivity index (χ1) is 13.0. The van der Waals surface area contributed by atoms with Crippen LogP contribution in [0.1, 0.15) is 30.1 Å². The molecule has 2 rings (SSSR count). The van der Waals surface area contributed by atoms with Crippen LogP contribution in [0.4, 0.5) is 11.4 Å². The Labute approximate surface area is 160 Å². The Morgan fingerprint density at radius 3 is 2.52 bits per heavy atom. The third-order valence-electron chi connectivity index (χ3n) is 4.26. The molecule has 27 heavy (non-hydrogen) atoms. The highest BCUT2D eigenvalue weighted by molar-refractivity contribution is 5.94. The summed E-state index contributed by atoms with van der Waals surface area (Å²) in [5.41, 5.74) is 2.40. The number of benzene rings is 2. The smallest absolute Gasteiger partial charge is 0.251 e. The minimum atomic E-state index is -0.159. The first kappa shape index (κ1) is 20.3. The molecule has 0 saturated carbocycles. The van der Waals surface area contributed by atoms with E-state index in [4.69, 9.17) is 4.74 Å². The Bertz CT molecular complexity index is 760. The third kappa shape index (κ3) is 6.33. The zero-order chi connectivity index (χ0) is 19.6. The standard InChI is InChI=1S/C21H27N3O3/c1-4-24(2)18-8-5-7-17(15-18)23-20(25)9-6-14-22-21(26)16-10-12-19(27-3)13-11-16/h5,7-8,10-13,15H,4,6,9,14H2,1-3H3,(H,22,26)(H,23,25). The molecule has 0 atom stereocenters. The number of hydrogen-bond acceptors (Lipinski definition) is 4. The van der Waals surface area contributed by atoms with Crippen molar-refractivity contribution in [3.05, 3.63) is 54.1 Å². The van der Waals surface area contributed by atoms with E-state index < -0.39 is 0 Å². The normalized spacial score (nSPS) is 10.2. The van der Waals surface area contributed by atoms with Gasteiger partial charge in [-0.25, -0.2) is 0 Å². The quantitative estimate of drug-likeness (QED) is 0.666. The van der Waals surface area contributed by atoms with Crippen molar-refractivity contribution >= 4 is 23.2 Å². The summed E-state index contributed by atoms with van der Waals surface area (Å²) in [7, 11) is 3.59. The van der Waals surface area contributed by atoms with E-state index in [1.165, 1.54) is 0 Å². The molecule has 2 aromatic carbocycles. The van der Waals surface area contributed by atoms with Gasteiger partial charge in [-0.1, -0.05) is 6.07 Å². The highest BCUT2D eigenvalue weighted by Gasteiger charge is 2.07. The van der Waals surface area contributed by atoms with Gasteiger partial charge in [0.05, 0.1) is 7.11 Å². The number of carbonyl (C=O) groups excluding carboxylic acids is 2. The Morgan fingerprint density at radius 1 is 1.11 bits per heavy atom. The minimum absolute atomic E-state index is 0.0648. The van der Waals surface area contributed by atoms with Crippen molar-refractivity contribution in [1.29, 1.82) is 0 Å². The number of anilines is 2. The van der Waals surface area contributed by atoms with Crippen LogP contribution in [0.2, 0.25) is 0 Å². The minimum Gasteiger partial charge on any atom is -0.497 e. The van der Waals surface area contributed by atoms with Crippen molar-refractivity contribution < 1.29 is 14.3 Å². The summed E-state index contributed by atoms with van der Waals surface area (Å²) in [6.07, 6.45) is 0.916. The maximum atomic E-state index is 12.1. The van der Waals surface area contributed by atoms with Gasteiger partial charge in [0.1, 0.15) is 5.75 Å². The van der Waals surface area contributed by atoms with E-state index in [-0.39, 0.29) is 11.8 Å². The lowest BCUT2D eigenvalue weighted by atomic mass is 10.2. The van der Waals surface area contributed by atoms with Crippen LogP contribution < -0.4 is 20.3 Å². The van der Waals surface area contributed by atoms with Gasteiger partial charge in [0, 0.05) is 43.5 Å². The Morgan fingerprint density at radius 2 is 1.85 bits per heavy atom. The summed E-state index contributed by atoms with van der Waals surface area (Å²) >= 11 is 0. The van der Waals surface area contributed by atoms with E-state index >= 15 is 0 Å². The van der Waals surface area contributed by atoms with Crippen LogP contribution in [0.15, 0.2) is 48.5 Å². The number of rotatable bonds is 9. The number of ether oxygens (including phenoxy) is 1. The van der Waals surface area contributed by atoms with Gasteiger partial charge in [-0.2, -0.15) is 0 Å². The van der Waals surface area contributed by atoms with Gasteiger partial charge in [-0.15, -0.1) is 0 Å². The molecule has 2 N–H and O–H groups in total. The Hall–Kier alpha value is -3.02. The van der Waals surface area contributed by atoms with Crippen LogP contribution in [0, 0.1) is 0 Å². The van der Waals surface area contributed by atoms with E-state index in [0.717, 1.165) is 17.9 Å². The lowest BCUT2D eigenvalue weighted by molar-refractivity contribution is -0.116. The van der Waals surface area contributed by atoms with Crippen LogP contribution in [-0.2, 0) is 4.79 Å². The second-order valence-corrected chi connectivity index (χ2v) is 6.20. The Kier molecular flexibility index (Phi) is 7.67. The number of methoxy groups -OCH3 is 1. The van der Waals surface area contributed by atoms with E-state index in [0.29, 0.717) is 30.7 Å². The number of hydrogen-bond donors (Lipinski definition) is 2. The topological polar surface area (TPSA) is 70.7 Å². The van der Waals surface area contributed by atoms with Crippen molar-refractivity contribution in [3.63, 3.8) is 0 Å². The van der Waals surface area contributed by atoms with Gasteiger partial charge in [0.25, 0.3) is 5.91 Å². The molecule has 0 bridgehead atoms. The molecule has 0 aromatic heterocycles. The fourth-order valence-corrected chi connectivity index (χ4v) is 2.52. The molecule has 0 spiro atoms. The summed E-state index contributed by atoms with van der Waals surface area (Å²) in [6.45, 7) is 3.41. The highest BCUT2D eigenvalue weighted by atomic mass is 16.5. The maximum Gasteiger partial charge on any atom is 0.251 e. The first-order valence-corrected chi connectivity index (χ1v) is 9.06. The Balaban J connectivity index is 1.73. The molecule has 0 fully saturated rings. The zero-order valence-corrected chi connectivity index (χ0v) is 16.1. The SMILES string of the molecule is CCN(C)c1cccc(NC(=O)CCCNC(=O)c2ccc(OC)cc2)c1. The first-order valence-electron chi connectivity index (χ1n) is 9.06. The maximum absolute atomic E-state index is 12.1. The molecule has 0 heterocycles. The van der Waals surface area contributed by atoms with Crippen LogP contribution in [0.3, 0.4) is 0 Å². The predicted molar refractivity (Wildman–Crippen MR) is 109 cm³/mol. The molecule has 0 unspecified atom stereocenters. The molecule has 0 radical (unpaired) electrons. The number of nitrogens with one attached hydrogen (secondary N) is 2. The van der Waals surface area contributed by atoms with E-state index in [1.807, 2.05) is 31.3 Å². The van der Waals surface area contributed by atoms with Gasteiger partial charge < -0.3 is 20.3 Å². The molecule has 144 valence electrons. The zero-order valence-electron chi connectivity index (χ0n) is 16.1. The lowest BCUT2D eigenvalue weighted by Gasteiger charge is -2.17. The summed E-state index contributed by atoms with van der Waals surface area (Å²) in [6, 6.07) is 14.7. The average molecular weight is 369 g/mol. The monoisotopic (exact) mass is 369 g/mol. The van der Waals surface area contributed by atoms with Crippen LogP contribution in [0.5, 0.6) is 5.75 Å². The number of carbonyl (C=O) groups is 2. The average Bonchev–Trinajstić information content (AvgIpc) is 2.70. The second kappa shape index (κ2) is 10.2. The molecule has 2 aromatic rings. The molecular weight excluding hydrogens is 342 g/mol. The second-order valence-electron chi connectivity index (χ2n) is 6.20. The molecule has 0 aliphatic rings. The van der Waals surface area contributed by atoms with Crippen molar-refractivity contribution in [2.45, 2.75) is 19.8 Å². The van der Waals surface area contributed by atoms with Gasteiger partial charge in [0.15, 0.2) is 0 Å². The molecule has 6 nitrogen and oxygen atoms in total. The molecular formula is C21H27N3O3. The van der Waals surface area contributed by atoms with Crippen molar-refractivity contribution in [1.82, 2.24) is 5.32 Å². The summed E-state index contributed by atoms with van der Waals surface area (Å²) < 4.78 is 5.07. The van der Waals surface area contributed by atoms with Crippen LogP contribution in [-0.4, -0.2) is 39.1 Å². The van der Waals surface area contributed by atoms with Crippen molar-refractivity contribution in [3.8, 4) is 5.75 Å². The van der Waals surface area contributed by atoms with Gasteiger partial charge in [-0.05, 0) is 55.8 Å². The van der Waals surface area contributed by atoms with E-state index in [2.05, 4.69) is 22.5 Å². The highest BCUT2D eigenvalue weighted by Crippen LogP contribution is 2.18. The number of amides is 2. The van der Waals surface area contributed by atoms with Gasteiger partial charge in [0.2, 0.25) is 5.91 Å². The van der Waals surface area contributed by atoms with Crippen LogP contribution >= 0.6 is 0 Å². The lowest BCUT2D eigenvalue weighted by Crippen LogP contribution is -2.25. The number of nitrogens with zero attached hydrogens (tertiary/aromatic N) is 1. The molecule has 0 saturated heterocycles. The van der Waals surface area contributed by atoms with Crippen molar-refractivity contribution in [2.24, 2.45) is 0 Å². The fourth-order valence-electron chi connectivity index (χ4n) is 2.52. The molecule has 0 aliphatic heterocycles. The molecule has 2 amide bonds. The summed E-state index contributed by atoms with van der Waals surface area (Å²) in [5.74, 6) is 0.482. The third-order valence-corrected chi connectivity index (χ3v) is 4.26. The van der Waals surface area contributed by atoms with Crippen molar-refractivity contribution in [2.75, 3.05) is 37.5 Å². The summed E-state index contributed by atoms with van der Waals surface area (Å²) in [5, 5.41) is 5.72. The van der Waals surface area contributed by atoms with E-state index in [9.17, 15) is 9.59 Å². The largest absolute Gasteiger partial charge is 0.497 e. The summed E-state index contributed by atoms with van der Waals surface area (Å²) in [4.78, 5) is 26.3. The van der Waals surface area contributed by atoms with Gasteiger partial charge in [-0.3, -0.25) is 9.59 Å². The molecule has 0 aliphatic carbocycles. The molecule has 6 heteroatoms. The fraction of sp³-hybridized carbons (Fsp3) is 0.333.